The molecule has 0 N–H and O–H groups in total. The van der Waals surface area contributed by atoms with E-state index in [0.717, 1.165) is 4.47 Å². The van der Waals surface area contributed by atoms with E-state index in [1.165, 1.54) is 12.3 Å². The summed E-state index contributed by atoms with van der Waals surface area (Å²) in [7, 11) is 1.81. The average molecular weight is 452 g/mol. The number of carbonyl (C=O) groups is 2. The summed E-state index contributed by atoms with van der Waals surface area (Å²) in [6.07, 6.45) is 1.47. The van der Waals surface area contributed by atoms with E-state index in [-0.39, 0.29) is 17.6 Å². The molecule has 0 bridgehead atoms. The standard InChI is InChI=1S/C20H23BrFN3O3/c1-14(23(2)13-15-12-16(21)5-6-17(15)22)19(26)24-7-9-25(10-8-24)20(27)18-4-3-11-28-18/h3-6,11-12,14H,7-10,13H2,1-2H3. The van der Waals surface area contributed by atoms with Gasteiger partial charge in [-0.1, -0.05) is 15.9 Å². The molecule has 3 rings (SSSR count). The molecule has 0 saturated carbocycles. The molecule has 2 amide bonds. The lowest BCUT2D eigenvalue weighted by molar-refractivity contribution is -0.137. The molecule has 8 heteroatoms. The molecule has 1 saturated heterocycles. The van der Waals surface area contributed by atoms with Crippen LogP contribution >= 0.6 is 15.9 Å². The predicted octanol–water partition coefficient (Wildman–Crippen LogP) is 2.99. The van der Waals surface area contributed by atoms with Crippen LogP contribution in [0.25, 0.3) is 0 Å². The summed E-state index contributed by atoms with van der Waals surface area (Å²) < 4.78 is 20.0. The van der Waals surface area contributed by atoms with Crippen molar-refractivity contribution in [3.8, 4) is 0 Å². The lowest BCUT2D eigenvalue weighted by Gasteiger charge is -2.37. The highest BCUT2D eigenvalue weighted by atomic mass is 79.9. The van der Waals surface area contributed by atoms with E-state index in [4.69, 9.17) is 4.42 Å². The summed E-state index contributed by atoms with van der Waals surface area (Å²) in [4.78, 5) is 30.4. The van der Waals surface area contributed by atoms with Crippen molar-refractivity contribution >= 4 is 27.7 Å². The first-order valence-electron chi connectivity index (χ1n) is 9.12. The molecule has 1 fully saturated rings. The van der Waals surface area contributed by atoms with Crippen LogP contribution in [-0.4, -0.2) is 65.8 Å². The van der Waals surface area contributed by atoms with Gasteiger partial charge in [0.1, 0.15) is 5.82 Å². The predicted molar refractivity (Wildman–Crippen MR) is 106 cm³/mol. The van der Waals surface area contributed by atoms with Crippen molar-refractivity contribution in [2.45, 2.75) is 19.5 Å². The highest BCUT2D eigenvalue weighted by molar-refractivity contribution is 9.10. The third-order valence-corrected chi connectivity index (χ3v) is 5.55. The minimum atomic E-state index is -0.397. The zero-order chi connectivity index (χ0) is 20.3. The fraction of sp³-hybridized carbons (Fsp3) is 0.400. The molecule has 1 unspecified atom stereocenters. The zero-order valence-corrected chi connectivity index (χ0v) is 17.5. The second-order valence-electron chi connectivity index (χ2n) is 6.92. The van der Waals surface area contributed by atoms with Crippen LogP contribution in [0.3, 0.4) is 0 Å². The number of halogens is 2. The van der Waals surface area contributed by atoms with Crippen molar-refractivity contribution in [1.29, 1.82) is 0 Å². The smallest absolute Gasteiger partial charge is 0.289 e. The Morgan fingerprint density at radius 2 is 1.89 bits per heavy atom. The third kappa shape index (κ3) is 4.62. The minimum absolute atomic E-state index is 0.0250. The maximum absolute atomic E-state index is 14.0. The number of likely N-dealkylation sites (N-methyl/N-ethyl adjacent to an activating group) is 1. The van der Waals surface area contributed by atoms with Crippen molar-refractivity contribution in [2.75, 3.05) is 33.2 Å². The number of hydrogen-bond donors (Lipinski definition) is 0. The largest absolute Gasteiger partial charge is 0.459 e. The number of nitrogens with zero attached hydrogens (tertiary/aromatic N) is 3. The Morgan fingerprint density at radius 1 is 1.21 bits per heavy atom. The van der Waals surface area contributed by atoms with E-state index in [2.05, 4.69) is 15.9 Å². The van der Waals surface area contributed by atoms with Gasteiger partial charge in [0, 0.05) is 42.8 Å². The van der Waals surface area contributed by atoms with Crippen molar-refractivity contribution < 1.29 is 18.4 Å². The van der Waals surface area contributed by atoms with E-state index >= 15 is 0 Å². The molecule has 1 aromatic heterocycles. The van der Waals surface area contributed by atoms with Gasteiger partial charge in [-0.15, -0.1) is 0 Å². The van der Waals surface area contributed by atoms with Crippen LogP contribution < -0.4 is 0 Å². The molecule has 1 aromatic carbocycles. The van der Waals surface area contributed by atoms with Gasteiger partial charge in [-0.05, 0) is 44.3 Å². The Hall–Kier alpha value is -2.19. The lowest BCUT2D eigenvalue weighted by Crippen LogP contribution is -2.54. The Balaban J connectivity index is 1.55. The molecule has 150 valence electrons. The molecule has 0 radical (unpaired) electrons. The Morgan fingerprint density at radius 3 is 2.54 bits per heavy atom. The second-order valence-corrected chi connectivity index (χ2v) is 7.84. The third-order valence-electron chi connectivity index (χ3n) is 5.06. The fourth-order valence-electron chi connectivity index (χ4n) is 3.21. The number of rotatable bonds is 5. The van der Waals surface area contributed by atoms with Gasteiger partial charge in [-0.25, -0.2) is 4.39 Å². The number of amides is 2. The van der Waals surface area contributed by atoms with E-state index in [9.17, 15) is 14.0 Å². The van der Waals surface area contributed by atoms with Gasteiger partial charge >= 0.3 is 0 Å². The van der Waals surface area contributed by atoms with Crippen LogP contribution in [-0.2, 0) is 11.3 Å². The van der Waals surface area contributed by atoms with Crippen molar-refractivity contribution in [2.24, 2.45) is 0 Å². The van der Waals surface area contributed by atoms with E-state index < -0.39 is 6.04 Å². The summed E-state index contributed by atoms with van der Waals surface area (Å²) in [5.74, 6) is -0.168. The first-order chi connectivity index (χ1) is 13.4. The maximum atomic E-state index is 14.0. The van der Waals surface area contributed by atoms with Crippen molar-refractivity contribution in [3.63, 3.8) is 0 Å². The van der Waals surface area contributed by atoms with Crippen molar-refractivity contribution in [1.82, 2.24) is 14.7 Å². The van der Waals surface area contributed by atoms with Crippen LogP contribution in [0.2, 0.25) is 0 Å². The monoisotopic (exact) mass is 451 g/mol. The summed E-state index contributed by atoms with van der Waals surface area (Å²) in [5, 5.41) is 0. The molecule has 1 aliphatic rings. The summed E-state index contributed by atoms with van der Waals surface area (Å²) in [5.41, 5.74) is 0.533. The number of carbonyl (C=O) groups excluding carboxylic acids is 2. The van der Waals surface area contributed by atoms with E-state index in [1.54, 1.807) is 41.1 Å². The van der Waals surface area contributed by atoms with Gasteiger partial charge in [0.15, 0.2) is 5.76 Å². The highest BCUT2D eigenvalue weighted by Gasteiger charge is 2.29. The van der Waals surface area contributed by atoms with Crippen LogP contribution in [0.1, 0.15) is 23.0 Å². The molecule has 1 atom stereocenters. The van der Waals surface area contributed by atoms with Crippen LogP contribution in [0.15, 0.2) is 45.5 Å². The summed E-state index contributed by atoms with van der Waals surface area (Å²) in [6.45, 7) is 4.00. The topological polar surface area (TPSA) is 57.0 Å². The molecule has 2 aromatic rings. The van der Waals surface area contributed by atoms with Gasteiger partial charge in [0.05, 0.1) is 12.3 Å². The van der Waals surface area contributed by atoms with Gasteiger partial charge < -0.3 is 14.2 Å². The zero-order valence-electron chi connectivity index (χ0n) is 15.9. The minimum Gasteiger partial charge on any atom is -0.459 e. The molecule has 6 nitrogen and oxygen atoms in total. The molecule has 28 heavy (non-hydrogen) atoms. The Kier molecular flexibility index (Phi) is 6.51. The first-order valence-corrected chi connectivity index (χ1v) is 9.92. The van der Waals surface area contributed by atoms with Gasteiger partial charge in [-0.3, -0.25) is 14.5 Å². The van der Waals surface area contributed by atoms with E-state index in [1.807, 2.05) is 11.8 Å². The lowest BCUT2D eigenvalue weighted by atomic mass is 10.1. The van der Waals surface area contributed by atoms with E-state index in [0.29, 0.717) is 44.0 Å². The van der Waals surface area contributed by atoms with Crippen LogP contribution in [0, 0.1) is 5.82 Å². The second kappa shape index (κ2) is 8.87. The summed E-state index contributed by atoms with van der Waals surface area (Å²) >= 11 is 3.35. The van der Waals surface area contributed by atoms with Gasteiger partial charge in [0.25, 0.3) is 5.91 Å². The summed E-state index contributed by atoms with van der Waals surface area (Å²) in [6, 6.07) is 7.70. The molecule has 2 heterocycles. The van der Waals surface area contributed by atoms with Gasteiger partial charge in [-0.2, -0.15) is 0 Å². The molecule has 1 aliphatic heterocycles. The quantitative estimate of drug-likeness (QED) is 0.700. The molecular weight excluding hydrogens is 429 g/mol. The number of piperazine rings is 1. The fourth-order valence-corrected chi connectivity index (χ4v) is 3.62. The van der Waals surface area contributed by atoms with Gasteiger partial charge in [0.2, 0.25) is 5.91 Å². The molecule has 0 aliphatic carbocycles. The van der Waals surface area contributed by atoms with Crippen molar-refractivity contribution in [3.05, 3.63) is 58.2 Å². The highest BCUT2D eigenvalue weighted by Crippen LogP contribution is 2.18. The molecular formula is C20H23BrFN3O3. The molecule has 0 spiro atoms. The number of furan rings is 1. The Labute approximate surface area is 172 Å². The number of benzene rings is 1. The van der Waals surface area contributed by atoms with Crippen LogP contribution in [0.4, 0.5) is 4.39 Å². The normalized spacial score (nSPS) is 15.8. The maximum Gasteiger partial charge on any atom is 0.289 e. The first kappa shape index (κ1) is 20.5. The number of hydrogen-bond acceptors (Lipinski definition) is 4. The Bertz CT molecular complexity index is 835. The van der Waals surface area contributed by atoms with Crippen LogP contribution in [0.5, 0.6) is 0 Å². The SMILES string of the molecule is CC(C(=O)N1CCN(C(=O)c2ccco2)CC1)N(C)Cc1cc(Br)ccc1F. The average Bonchev–Trinajstić information content (AvgIpc) is 3.24.